The van der Waals surface area contributed by atoms with Crippen LogP contribution in [-0.4, -0.2) is 52.4 Å². The number of nitrogens with one attached hydrogen (secondary N) is 2. The van der Waals surface area contributed by atoms with Crippen LogP contribution in [0.4, 0.5) is 4.79 Å². The number of aliphatic carboxylic acids is 1. The number of amides is 4. The van der Waals surface area contributed by atoms with Crippen LogP contribution in [0.15, 0.2) is 0 Å². The molecule has 0 aromatic rings. The first kappa shape index (κ1) is 14.3. The number of urea groups is 1. The van der Waals surface area contributed by atoms with Gasteiger partial charge in [-0.3, -0.25) is 19.7 Å². The van der Waals surface area contributed by atoms with E-state index in [0.717, 1.165) is 17.7 Å². The fourth-order valence-electron chi connectivity index (χ4n) is 2.23. The standard InChI is InChI=1S/C12H17N3O5/c1-6-11(19)14-9(16)5-15(6)12(20)13-8(4-10(17)18)7-2-3-7/h6-8H,2-5H2,1H3,(H,13,20)(H,17,18)(H,14,16,19). The van der Waals surface area contributed by atoms with E-state index in [9.17, 15) is 19.2 Å². The minimum atomic E-state index is -0.984. The summed E-state index contributed by atoms with van der Waals surface area (Å²) < 4.78 is 0. The number of nitrogens with zero attached hydrogens (tertiary/aromatic N) is 1. The number of rotatable bonds is 4. The van der Waals surface area contributed by atoms with Crippen molar-refractivity contribution in [2.45, 2.75) is 38.3 Å². The summed E-state index contributed by atoms with van der Waals surface area (Å²) in [6.07, 6.45) is 1.61. The van der Waals surface area contributed by atoms with Gasteiger partial charge in [0.2, 0.25) is 11.8 Å². The monoisotopic (exact) mass is 283 g/mol. The van der Waals surface area contributed by atoms with Crippen LogP contribution in [0, 0.1) is 5.92 Å². The van der Waals surface area contributed by atoms with Gasteiger partial charge in [-0.1, -0.05) is 0 Å². The Kier molecular flexibility index (Phi) is 3.91. The van der Waals surface area contributed by atoms with Gasteiger partial charge in [-0.25, -0.2) is 4.79 Å². The maximum atomic E-state index is 12.1. The van der Waals surface area contributed by atoms with Gasteiger partial charge in [0.1, 0.15) is 12.6 Å². The van der Waals surface area contributed by atoms with Crippen LogP contribution in [0.25, 0.3) is 0 Å². The molecule has 2 unspecified atom stereocenters. The molecule has 0 aromatic heterocycles. The van der Waals surface area contributed by atoms with E-state index in [1.807, 2.05) is 0 Å². The number of carbonyl (C=O) groups excluding carboxylic acids is 3. The van der Waals surface area contributed by atoms with E-state index in [2.05, 4.69) is 10.6 Å². The second kappa shape index (κ2) is 5.48. The van der Waals surface area contributed by atoms with E-state index in [-0.39, 0.29) is 18.9 Å². The van der Waals surface area contributed by atoms with Crippen LogP contribution in [-0.2, 0) is 14.4 Å². The Balaban J connectivity index is 2.00. The van der Waals surface area contributed by atoms with Crippen LogP contribution >= 0.6 is 0 Å². The number of carboxylic acid groups (broad SMARTS) is 1. The first-order valence-corrected chi connectivity index (χ1v) is 6.51. The lowest BCUT2D eigenvalue weighted by atomic mass is 10.1. The molecule has 8 heteroatoms. The van der Waals surface area contributed by atoms with E-state index >= 15 is 0 Å². The average molecular weight is 283 g/mol. The summed E-state index contributed by atoms with van der Waals surface area (Å²) in [5.74, 6) is -1.88. The zero-order valence-corrected chi connectivity index (χ0v) is 11.1. The SMILES string of the molecule is CC1C(=O)NC(=O)CN1C(=O)NC(CC(=O)O)C1CC1. The zero-order chi connectivity index (χ0) is 14.9. The molecular formula is C12H17N3O5. The third-order valence-electron chi connectivity index (χ3n) is 3.58. The van der Waals surface area contributed by atoms with Gasteiger partial charge >= 0.3 is 12.0 Å². The number of hydrogen-bond acceptors (Lipinski definition) is 4. The molecule has 110 valence electrons. The topological polar surface area (TPSA) is 116 Å². The van der Waals surface area contributed by atoms with Gasteiger partial charge in [-0.2, -0.15) is 0 Å². The van der Waals surface area contributed by atoms with Crippen molar-refractivity contribution in [3.8, 4) is 0 Å². The minimum Gasteiger partial charge on any atom is -0.481 e. The lowest BCUT2D eigenvalue weighted by Crippen LogP contribution is -2.61. The molecule has 8 nitrogen and oxygen atoms in total. The van der Waals surface area contributed by atoms with Gasteiger partial charge in [-0.05, 0) is 25.7 Å². The predicted octanol–water partition coefficient (Wildman–Crippen LogP) is -0.704. The smallest absolute Gasteiger partial charge is 0.318 e. The quantitative estimate of drug-likeness (QED) is 0.590. The van der Waals surface area contributed by atoms with Gasteiger partial charge in [-0.15, -0.1) is 0 Å². The van der Waals surface area contributed by atoms with E-state index in [4.69, 9.17) is 5.11 Å². The van der Waals surface area contributed by atoms with Gasteiger partial charge in [0.15, 0.2) is 0 Å². The van der Waals surface area contributed by atoms with Crippen molar-refractivity contribution in [2.75, 3.05) is 6.54 Å². The lowest BCUT2D eigenvalue weighted by molar-refractivity contribution is -0.139. The Hall–Kier alpha value is -2.12. The number of imide groups is 1. The third kappa shape index (κ3) is 3.25. The Morgan fingerprint density at radius 1 is 1.45 bits per heavy atom. The summed E-state index contributed by atoms with van der Waals surface area (Å²) >= 11 is 0. The van der Waals surface area contributed by atoms with Crippen molar-refractivity contribution >= 4 is 23.8 Å². The van der Waals surface area contributed by atoms with E-state index in [0.29, 0.717) is 0 Å². The second-order valence-electron chi connectivity index (χ2n) is 5.21. The highest BCUT2D eigenvalue weighted by Gasteiger charge is 2.38. The van der Waals surface area contributed by atoms with E-state index < -0.39 is 35.9 Å². The molecule has 1 aliphatic heterocycles. The summed E-state index contributed by atoms with van der Waals surface area (Å²) in [5, 5.41) is 13.6. The molecule has 2 aliphatic rings. The van der Waals surface area contributed by atoms with Gasteiger partial charge in [0.05, 0.1) is 6.42 Å². The Morgan fingerprint density at radius 3 is 2.65 bits per heavy atom. The van der Waals surface area contributed by atoms with Crippen LogP contribution in [0.3, 0.4) is 0 Å². The zero-order valence-electron chi connectivity index (χ0n) is 11.1. The maximum absolute atomic E-state index is 12.1. The van der Waals surface area contributed by atoms with Gasteiger partial charge in [0, 0.05) is 6.04 Å². The second-order valence-corrected chi connectivity index (χ2v) is 5.21. The highest BCUT2D eigenvalue weighted by molar-refractivity contribution is 6.03. The molecule has 2 rings (SSSR count). The number of carbonyl (C=O) groups is 4. The normalized spacial score (nSPS) is 24.1. The number of hydrogen-bond donors (Lipinski definition) is 3. The van der Waals surface area contributed by atoms with Crippen molar-refractivity contribution in [3.63, 3.8) is 0 Å². The maximum Gasteiger partial charge on any atom is 0.318 e. The van der Waals surface area contributed by atoms with Crippen molar-refractivity contribution in [2.24, 2.45) is 5.92 Å². The summed E-state index contributed by atoms with van der Waals surface area (Å²) in [4.78, 5) is 46.8. The fraction of sp³-hybridized carbons (Fsp3) is 0.667. The Morgan fingerprint density at radius 2 is 2.10 bits per heavy atom. The molecule has 0 radical (unpaired) electrons. The third-order valence-corrected chi connectivity index (χ3v) is 3.58. The van der Waals surface area contributed by atoms with Crippen molar-refractivity contribution in [3.05, 3.63) is 0 Å². The van der Waals surface area contributed by atoms with Gasteiger partial charge < -0.3 is 15.3 Å². The molecule has 20 heavy (non-hydrogen) atoms. The summed E-state index contributed by atoms with van der Waals surface area (Å²) in [6.45, 7) is 1.31. The molecule has 0 aromatic carbocycles. The molecule has 1 saturated heterocycles. The highest BCUT2D eigenvalue weighted by Crippen LogP contribution is 2.34. The molecule has 2 atom stereocenters. The van der Waals surface area contributed by atoms with E-state index in [1.165, 1.54) is 6.92 Å². The highest BCUT2D eigenvalue weighted by atomic mass is 16.4. The molecule has 3 N–H and O–H groups in total. The van der Waals surface area contributed by atoms with E-state index in [1.54, 1.807) is 0 Å². The lowest BCUT2D eigenvalue weighted by Gasteiger charge is -2.33. The largest absolute Gasteiger partial charge is 0.481 e. The van der Waals surface area contributed by atoms with Crippen LogP contribution in [0.5, 0.6) is 0 Å². The summed E-state index contributed by atoms with van der Waals surface area (Å²) in [6, 6.07) is -1.77. The van der Waals surface area contributed by atoms with Gasteiger partial charge in [0.25, 0.3) is 0 Å². The first-order chi connectivity index (χ1) is 9.38. The van der Waals surface area contributed by atoms with Crippen molar-refractivity contribution in [1.82, 2.24) is 15.5 Å². The van der Waals surface area contributed by atoms with Crippen LogP contribution in [0.2, 0.25) is 0 Å². The Bertz CT molecular complexity index is 460. The molecular weight excluding hydrogens is 266 g/mol. The number of piperazine rings is 1. The van der Waals surface area contributed by atoms with Crippen molar-refractivity contribution < 1.29 is 24.3 Å². The Labute approximate surface area is 115 Å². The van der Waals surface area contributed by atoms with Crippen molar-refractivity contribution in [1.29, 1.82) is 0 Å². The predicted molar refractivity (Wildman–Crippen MR) is 66.6 cm³/mol. The van der Waals surface area contributed by atoms with Crippen LogP contribution < -0.4 is 10.6 Å². The van der Waals surface area contributed by atoms with Crippen LogP contribution in [0.1, 0.15) is 26.2 Å². The minimum absolute atomic E-state index is 0.154. The molecule has 0 bridgehead atoms. The molecule has 4 amide bonds. The molecule has 0 spiro atoms. The first-order valence-electron chi connectivity index (χ1n) is 6.51. The average Bonchev–Trinajstić information content (AvgIpc) is 3.16. The summed E-state index contributed by atoms with van der Waals surface area (Å²) in [7, 11) is 0. The molecule has 1 heterocycles. The summed E-state index contributed by atoms with van der Waals surface area (Å²) in [5.41, 5.74) is 0. The molecule has 1 saturated carbocycles. The molecule has 1 aliphatic carbocycles. The fourth-order valence-corrected chi connectivity index (χ4v) is 2.23. The molecule has 2 fully saturated rings. The number of carboxylic acids is 1.